The highest BCUT2D eigenvalue weighted by atomic mass is 35.5. The molecular formula is C21H17ClN4O6. The van der Waals surface area contributed by atoms with Crippen LogP contribution in [0.5, 0.6) is 0 Å². The van der Waals surface area contributed by atoms with Gasteiger partial charge in [0.2, 0.25) is 0 Å². The SMILES string of the molecule is O=C(c1ccc(-c2cccc([N+](=O)[O-])c2)o1)N1CCN(c2c(Cl)cccc2[N+](=O)[O-])CC1. The molecule has 0 N–H and O–H groups in total. The highest BCUT2D eigenvalue weighted by molar-refractivity contribution is 6.33. The van der Waals surface area contributed by atoms with Gasteiger partial charge in [0.05, 0.1) is 14.9 Å². The van der Waals surface area contributed by atoms with Crippen molar-refractivity contribution in [3.05, 3.63) is 85.6 Å². The molecule has 10 nitrogen and oxygen atoms in total. The second-order valence-electron chi connectivity index (χ2n) is 7.12. The smallest absolute Gasteiger partial charge is 0.294 e. The van der Waals surface area contributed by atoms with Crippen LogP contribution in [0.25, 0.3) is 11.3 Å². The van der Waals surface area contributed by atoms with Crippen LogP contribution in [0.2, 0.25) is 5.02 Å². The van der Waals surface area contributed by atoms with Crippen LogP contribution >= 0.6 is 11.6 Å². The number of nitrogens with zero attached hydrogens (tertiary/aromatic N) is 4. The van der Waals surface area contributed by atoms with Crippen LogP contribution in [0.4, 0.5) is 17.1 Å². The Morgan fingerprint density at radius 2 is 1.66 bits per heavy atom. The molecule has 1 amide bonds. The number of benzene rings is 2. The third-order valence-corrected chi connectivity index (χ3v) is 5.51. The molecule has 0 aliphatic carbocycles. The van der Waals surface area contributed by atoms with Crippen LogP contribution in [0.15, 0.2) is 59.0 Å². The van der Waals surface area contributed by atoms with Crippen molar-refractivity contribution in [1.82, 2.24) is 4.90 Å². The Bertz CT molecular complexity index is 1200. The molecule has 11 heteroatoms. The fraction of sp³-hybridized carbons (Fsp3) is 0.190. The summed E-state index contributed by atoms with van der Waals surface area (Å²) in [6.07, 6.45) is 0. The summed E-state index contributed by atoms with van der Waals surface area (Å²) in [5, 5.41) is 22.6. The molecule has 0 unspecified atom stereocenters. The zero-order chi connectivity index (χ0) is 22.8. The minimum atomic E-state index is -0.499. The molecule has 0 spiro atoms. The summed E-state index contributed by atoms with van der Waals surface area (Å²) in [6.45, 7) is 1.39. The third-order valence-electron chi connectivity index (χ3n) is 5.20. The maximum atomic E-state index is 12.9. The Balaban J connectivity index is 1.47. The molecule has 0 bridgehead atoms. The molecule has 164 valence electrons. The highest BCUT2D eigenvalue weighted by Crippen LogP contribution is 2.36. The summed E-state index contributed by atoms with van der Waals surface area (Å²) >= 11 is 6.21. The van der Waals surface area contributed by atoms with Gasteiger partial charge < -0.3 is 14.2 Å². The van der Waals surface area contributed by atoms with E-state index in [4.69, 9.17) is 16.0 Å². The van der Waals surface area contributed by atoms with Crippen LogP contribution in [0, 0.1) is 20.2 Å². The first-order valence-electron chi connectivity index (χ1n) is 9.67. The van der Waals surface area contributed by atoms with Gasteiger partial charge in [-0.3, -0.25) is 25.0 Å². The summed E-state index contributed by atoms with van der Waals surface area (Å²) in [5.74, 6) is 0.140. The lowest BCUT2D eigenvalue weighted by Crippen LogP contribution is -2.49. The predicted molar refractivity (Wildman–Crippen MR) is 117 cm³/mol. The lowest BCUT2D eigenvalue weighted by Gasteiger charge is -2.35. The monoisotopic (exact) mass is 456 g/mol. The number of para-hydroxylation sites is 1. The van der Waals surface area contributed by atoms with Gasteiger partial charge in [-0.1, -0.05) is 29.8 Å². The molecule has 2 heterocycles. The van der Waals surface area contributed by atoms with Crippen molar-refractivity contribution in [2.75, 3.05) is 31.1 Å². The Morgan fingerprint density at radius 3 is 2.34 bits per heavy atom. The van der Waals surface area contributed by atoms with Crippen molar-refractivity contribution in [3.8, 4) is 11.3 Å². The summed E-state index contributed by atoms with van der Waals surface area (Å²) in [7, 11) is 0. The van der Waals surface area contributed by atoms with Crippen LogP contribution in [0.1, 0.15) is 10.6 Å². The number of anilines is 1. The maximum Gasteiger partial charge on any atom is 0.294 e. The number of furan rings is 1. The van der Waals surface area contributed by atoms with Crippen LogP contribution in [0.3, 0.4) is 0 Å². The molecule has 3 aromatic rings. The Morgan fingerprint density at radius 1 is 0.938 bits per heavy atom. The molecule has 1 aliphatic heterocycles. The van der Waals surface area contributed by atoms with Crippen LogP contribution in [-0.4, -0.2) is 46.8 Å². The molecule has 32 heavy (non-hydrogen) atoms. The fourth-order valence-electron chi connectivity index (χ4n) is 3.63. The van der Waals surface area contributed by atoms with Gasteiger partial charge in [-0.05, 0) is 18.2 Å². The predicted octanol–water partition coefficient (Wildman–Crippen LogP) is 4.38. The Kier molecular flexibility index (Phi) is 5.78. The quantitative estimate of drug-likeness (QED) is 0.412. The molecule has 1 aromatic heterocycles. The van der Waals surface area contributed by atoms with Crippen molar-refractivity contribution in [2.24, 2.45) is 0 Å². The molecule has 0 saturated carbocycles. The first-order valence-corrected chi connectivity index (χ1v) is 10.0. The van der Waals surface area contributed by atoms with Crippen LogP contribution < -0.4 is 4.90 Å². The number of amides is 1. The van der Waals surface area contributed by atoms with Gasteiger partial charge in [0.25, 0.3) is 17.3 Å². The number of nitro benzene ring substituents is 2. The number of nitro groups is 2. The van der Waals surface area contributed by atoms with Crippen LogP contribution in [-0.2, 0) is 0 Å². The van der Waals surface area contributed by atoms with Crippen molar-refractivity contribution in [2.45, 2.75) is 0 Å². The highest BCUT2D eigenvalue weighted by Gasteiger charge is 2.29. The summed E-state index contributed by atoms with van der Waals surface area (Å²) in [5.41, 5.74) is 0.688. The lowest BCUT2D eigenvalue weighted by atomic mass is 10.1. The van der Waals surface area contributed by atoms with E-state index in [1.54, 1.807) is 34.1 Å². The van der Waals surface area contributed by atoms with E-state index >= 15 is 0 Å². The van der Waals surface area contributed by atoms with Gasteiger partial charge >= 0.3 is 0 Å². The number of hydrogen-bond donors (Lipinski definition) is 0. The third kappa shape index (κ3) is 4.12. The van der Waals surface area contributed by atoms with Gasteiger partial charge in [-0.2, -0.15) is 0 Å². The zero-order valence-corrected chi connectivity index (χ0v) is 17.4. The number of carbonyl (C=O) groups is 1. The Hall–Kier alpha value is -3.92. The van der Waals surface area contributed by atoms with Crippen molar-refractivity contribution in [3.63, 3.8) is 0 Å². The first-order chi connectivity index (χ1) is 15.3. The molecule has 1 saturated heterocycles. The molecule has 1 fully saturated rings. The summed E-state index contributed by atoms with van der Waals surface area (Å²) in [6, 6.07) is 13.6. The van der Waals surface area contributed by atoms with E-state index in [1.165, 1.54) is 30.3 Å². The normalized spacial score (nSPS) is 13.8. The molecule has 4 rings (SSSR count). The number of hydrogen-bond acceptors (Lipinski definition) is 7. The summed E-state index contributed by atoms with van der Waals surface area (Å²) < 4.78 is 5.66. The average molecular weight is 457 g/mol. The summed E-state index contributed by atoms with van der Waals surface area (Å²) in [4.78, 5) is 37.6. The standard InChI is InChI=1S/C21H17ClN4O6/c22-16-5-2-6-17(26(30)31)20(16)23-9-11-24(12-10-23)21(27)19-8-7-18(32-19)14-3-1-4-15(13-14)25(28)29/h1-8,13H,9-12H2. The van der Waals surface area contributed by atoms with Crippen molar-refractivity contribution in [1.29, 1.82) is 0 Å². The van der Waals surface area contributed by atoms with Gasteiger partial charge in [-0.15, -0.1) is 0 Å². The second kappa shape index (κ2) is 8.67. The molecule has 0 radical (unpaired) electrons. The Labute approximate surface area is 186 Å². The first kappa shape index (κ1) is 21.3. The second-order valence-corrected chi connectivity index (χ2v) is 7.52. The molecule has 1 aliphatic rings. The van der Waals surface area contributed by atoms with E-state index in [9.17, 15) is 25.0 Å². The topological polar surface area (TPSA) is 123 Å². The zero-order valence-electron chi connectivity index (χ0n) is 16.6. The fourth-order valence-corrected chi connectivity index (χ4v) is 3.92. The van der Waals surface area contributed by atoms with Gasteiger partial charge in [0.15, 0.2) is 5.76 Å². The number of rotatable bonds is 5. The molecular weight excluding hydrogens is 440 g/mol. The van der Waals surface area contributed by atoms with E-state index in [1.807, 2.05) is 0 Å². The largest absolute Gasteiger partial charge is 0.451 e. The molecule has 0 atom stereocenters. The van der Waals surface area contributed by atoms with Gasteiger partial charge in [-0.25, -0.2) is 0 Å². The average Bonchev–Trinajstić information content (AvgIpc) is 3.29. The van der Waals surface area contributed by atoms with E-state index in [2.05, 4.69) is 0 Å². The van der Waals surface area contributed by atoms with E-state index in [-0.39, 0.29) is 28.1 Å². The number of non-ortho nitro benzene ring substituents is 1. The minimum Gasteiger partial charge on any atom is -0.451 e. The van der Waals surface area contributed by atoms with E-state index in [0.717, 1.165) is 0 Å². The van der Waals surface area contributed by atoms with Crippen molar-refractivity contribution < 1.29 is 19.1 Å². The number of carbonyl (C=O) groups excluding carboxylic acids is 1. The maximum absolute atomic E-state index is 12.9. The molecule has 2 aromatic carbocycles. The van der Waals surface area contributed by atoms with Gasteiger partial charge in [0, 0.05) is 49.9 Å². The minimum absolute atomic E-state index is 0.0726. The van der Waals surface area contributed by atoms with E-state index < -0.39 is 9.85 Å². The van der Waals surface area contributed by atoms with E-state index in [0.29, 0.717) is 43.2 Å². The number of halogens is 1. The van der Waals surface area contributed by atoms with Gasteiger partial charge in [0.1, 0.15) is 11.4 Å². The van der Waals surface area contributed by atoms with Crippen molar-refractivity contribution >= 4 is 34.6 Å². The number of piperazine rings is 1. The lowest BCUT2D eigenvalue weighted by molar-refractivity contribution is -0.384.